The number of aliphatic hydroxyl groups is 2. The molecule has 0 saturated heterocycles. The molecule has 0 aliphatic heterocycles. The summed E-state index contributed by atoms with van der Waals surface area (Å²) in [6.45, 7) is 1.36. The molecule has 3 N–H and O–H groups in total. The van der Waals surface area contributed by atoms with E-state index in [9.17, 15) is 4.79 Å². The molecule has 1 aromatic heterocycles. The van der Waals surface area contributed by atoms with E-state index in [4.69, 9.17) is 10.2 Å². The van der Waals surface area contributed by atoms with Crippen molar-refractivity contribution in [3.8, 4) is 0 Å². The molecule has 1 heterocycles. The van der Waals surface area contributed by atoms with Gasteiger partial charge in [-0.1, -0.05) is 0 Å². The molecule has 0 radical (unpaired) electrons. The van der Waals surface area contributed by atoms with Crippen LogP contribution in [0, 0.1) is 6.92 Å². The smallest absolute Gasteiger partial charge is 0.261 e. The van der Waals surface area contributed by atoms with Crippen molar-refractivity contribution >= 4 is 33.2 Å². The first-order chi connectivity index (χ1) is 7.08. The average Bonchev–Trinajstić information content (AvgIpc) is 2.55. The number of carbonyl (C=O) groups excluding carboxylic acids is 1. The number of nitrogens with one attached hydrogen (secondary N) is 1. The Kier molecular flexibility index (Phi) is 4.72. The molecule has 0 saturated carbocycles. The Hall–Kier alpha value is -0.430. The lowest BCUT2D eigenvalue weighted by atomic mass is 10.3. The number of hydrogen-bond donors (Lipinski definition) is 3. The normalized spacial score (nSPS) is 10.7. The maximum atomic E-state index is 11.6. The fourth-order valence-corrected chi connectivity index (χ4v) is 2.42. The van der Waals surface area contributed by atoms with Gasteiger partial charge in [0.05, 0.1) is 27.9 Å². The molecule has 0 aliphatic carbocycles. The summed E-state index contributed by atoms with van der Waals surface area (Å²) in [5.41, 5.74) is 0.995. The van der Waals surface area contributed by atoms with Gasteiger partial charge in [0, 0.05) is 0 Å². The van der Waals surface area contributed by atoms with Crippen molar-refractivity contribution < 1.29 is 15.0 Å². The number of halogens is 1. The van der Waals surface area contributed by atoms with Crippen LogP contribution in [-0.4, -0.2) is 35.4 Å². The van der Waals surface area contributed by atoms with E-state index in [1.807, 2.05) is 6.92 Å². The van der Waals surface area contributed by atoms with Crippen LogP contribution < -0.4 is 5.32 Å². The summed E-state index contributed by atoms with van der Waals surface area (Å²) in [7, 11) is 0. The fraction of sp³-hybridized carbons (Fsp3) is 0.444. The summed E-state index contributed by atoms with van der Waals surface area (Å²) in [6.07, 6.45) is 0. The number of rotatable bonds is 4. The highest BCUT2D eigenvalue weighted by Crippen LogP contribution is 2.27. The lowest BCUT2D eigenvalue weighted by Gasteiger charge is -2.11. The second-order valence-corrected chi connectivity index (χ2v) is 5.47. The number of aryl methyl sites for hydroxylation is 1. The molecule has 84 valence electrons. The Morgan fingerprint density at radius 2 is 2.20 bits per heavy atom. The minimum Gasteiger partial charge on any atom is -0.394 e. The van der Waals surface area contributed by atoms with Crippen molar-refractivity contribution in [2.45, 2.75) is 13.0 Å². The van der Waals surface area contributed by atoms with Crippen LogP contribution in [0.1, 0.15) is 15.2 Å². The zero-order valence-corrected chi connectivity index (χ0v) is 10.6. The molecule has 1 rings (SSSR count). The van der Waals surface area contributed by atoms with Gasteiger partial charge in [-0.05, 0) is 34.5 Å². The predicted molar refractivity (Wildman–Crippen MR) is 62.2 cm³/mol. The van der Waals surface area contributed by atoms with Crippen molar-refractivity contribution in [1.29, 1.82) is 0 Å². The van der Waals surface area contributed by atoms with Gasteiger partial charge in [-0.3, -0.25) is 4.79 Å². The maximum absolute atomic E-state index is 11.6. The van der Waals surface area contributed by atoms with E-state index in [0.29, 0.717) is 4.88 Å². The van der Waals surface area contributed by atoms with Gasteiger partial charge in [0.1, 0.15) is 0 Å². The van der Waals surface area contributed by atoms with Crippen LogP contribution in [0.4, 0.5) is 0 Å². The lowest BCUT2D eigenvalue weighted by molar-refractivity contribution is 0.0883. The van der Waals surface area contributed by atoms with E-state index < -0.39 is 6.04 Å². The molecule has 6 heteroatoms. The molecule has 4 nitrogen and oxygen atoms in total. The average molecular weight is 294 g/mol. The summed E-state index contributed by atoms with van der Waals surface area (Å²) >= 11 is 4.65. The number of amides is 1. The number of carbonyl (C=O) groups is 1. The van der Waals surface area contributed by atoms with Gasteiger partial charge >= 0.3 is 0 Å². The molecule has 0 unspecified atom stereocenters. The van der Waals surface area contributed by atoms with Crippen molar-refractivity contribution in [2.75, 3.05) is 13.2 Å². The summed E-state index contributed by atoms with van der Waals surface area (Å²) < 4.78 is 0.914. The topological polar surface area (TPSA) is 69.6 Å². The highest BCUT2D eigenvalue weighted by molar-refractivity contribution is 9.11. The SMILES string of the molecule is Cc1cc(C(=O)NC(CO)CO)sc1Br. The first kappa shape index (κ1) is 12.6. The fourth-order valence-electron chi connectivity index (χ4n) is 0.977. The van der Waals surface area contributed by atoms with Crippen LogP contribution in [-0.2, 0) is 0 Å². The van der Waals surface area contributed by atoms with Crippen LogP contribution in [0.15, 0.2) is 9.85 Å². The van der Waals surface area contributed by atoms with Crippen molar-refractivity contribution in [3.63, 3.8) is 0 Å². The van der Waals surface area contributed by atoms with E-state index >= 15 is 0 Å². The predicted octanol–water partition coefficient (Wildman–Crippen LogP) is 0.902. The van der Waals surface area contributed by atoms with E-state index in [0.717, 1.165) is 9.35 Å². The van der Waals surface area contributed by atoms with E-state index in [-0.39, 0.29) is 19.1 Å². The third-order valence-corrected chi connectivity index (χ3v) is 3.99. The van der Waals surface area contributed by atoms with Crippen LogP contribution in [0.3, 0.4) is 0 Å². The molecule has 1 amide bonds. The summed E-state index contributed by atoms with van der Waals surface area (Å²) in [6, 6.07) is 1.16. The van der Waals surface area contributed by atoms with Crippen LogP contribution in [0.2, 0.25) is 0 Å². The van der Waals surface area contributed by atoms with Crippen LogP contribution in [0.25, 0.3) is 0 Å². The van der Waals surface area contributed by atoms with Gasteiger partial charge in [0.15, 0.2) is 0 Å². The molecule has 15 heavy (non-hydrogen) atoms. The zero-order chi connectivity index (χ0) is 11.4. The number of aliphatic hydroxyl groups excluding tert-OH is 2. The minimum absolute atomic E-state index is 0.270. The van der Waals surface area contributed by atoms with E-state index in [2.05, 4.69) is 21.2 Å². The summed E-state index contributed by atoms with van der Waals surface area (Å²) in [4.78, 5) is 12.2. The van der Waals surface area contributed by atoms with E-state index in [1.54, 1.807) is 6.07 Å². The third kappa shape index (κ3) is 3.27. The molecular formula is C9H12BrNO3S. The van der Waals surface area contributed by atoms with Gasteiger partial charge in [0.25, 0.3) is 5.91 Å². The zero-order valence-electron chi connectivity index (χ0n) is 8.16. The van der Waals surface area contributed by atoms with Gasteiger partial charge in [-0.2, -0.15) is 0 Å². The third-order valence-electron chi connectivity index (χ3n) is 1.86. The largest absolute Gasteiger partial charge is 0.394 e. The highest BCUT2D eigenvalue weighted by atomic mass is 79.9. The second kappa shape index (κ2) is 5.60. The summed E-state index contributed by atoms with van der Waals surface area (Å²) in [5.74, 6) is -0.276. The Bertz CT molecular complexity index is 330. The Morgan fingerprint density at radius 3 is 2.60 bits per heavy atom. The molecule has 0 aliphatic rings. The monoisotopic (exact) mass is 293 g/mol. The molecule has 0 atom stereocenters. The highest BCUT2D eigenvalue weighted by Gasteiger charge is 2.14. The maximum Gasteiger partial charge on any atom is 0.261 e. The number of thiophene rings is 1. The van der Waals surface area contributed by atoms with Gasteiger partial charge in [-0.25, -0.2) is 0 Å². The van der Waals surface area contributed by atoms with Crippen LogP contribution in [0.5, 0.6) is 0 Å². The Morgan fingerprint density at radius 1 is 1.60 bits per heavy atom. The molecule has 0 bridgehead atoms. The summed E-state index contributed by atoms with van der Waals surface area (Å²) in [5, 5.41) is 20.1. The Labute approximate surface area is 100 Å². The molecule has 0 fully saturated rings. The van der Waals surface area contributed by atoms with E-state index in [1.165, 1.54) is 11.3 Å². The molecular weight excluding hydrogens is 282 g/mol. The molecule has 0 spiro atoms. The van der Waals surface area contributed by atoms with Crippen molar-refractivity contribution in [2.24, 2.45) is 0 Å². The lowest BCUT2D eigenvalue weighted by Crippen LogP contribution is -2.39. The van der Waals surface area contributed by atoms with Crippen molar-refractivity contribution in [3.05, 3.63) is 20.3 Å². The van der Waals surface area contributed by atoms with Gasteiger partial charge < -0.3 is 15.5 Å². The van der Waals surface area contributed by atoms with Gasteiger partial charge in [-0.15, -0.1) is 11.3 Å². The second-order valence-electron chi connectivity index (χ2n) is 3.10. The van der Waals surface area contributed by atoms with Gasteiger partial charge in [0.2, 0.25) is 0 Å². The first-order valence-electron chi connectivity index (χ1n) is 4.37. The molecule has 0 aromatic carbocycles. The standard InChI is InChI=1S/C9H12BrNO3S/c1-5-2-7(15-8(5)10)9(14)11-6(3-12)4-13/h2,6,12-13H,3-4H2,1H3,(H,11,14). The molecule has 1 aromatic rings. The number of hydrogen-bond acceptors (Lipinski definition) is 4. The Balaban J connectivity index is 2.68. The first-order valence-corrected chi connectivity index (χ1v) is 5.98. The quantitative estimate of drug-likeness (QED) is 0.773. The van der Waals surface area contributed by atoms with Crippen LogP contribution >= 0.6 is 27.3 Å². The minimum atomic E-state index is -0.598. The van der Waals surface area contributed by atoms with Crippen molar-refractivity contribution in [1.82, 2.24) is 5.32 Å².